The van der Waals surface area contributed by atoms with E-state index in [1.807, 2.05) is 18.2 Å². The molecular formula is C22H24ClFN6. The van der Waals surface area contributed by atoms with Gasteiger partial charge < -0.3 is 16.4 Å². The number of nitrogens with zero attached hydrogens (tertiary/aromatic N) is 3. The van der Waals surface area contributed by atoms with Gasteiger partial charge in [0.15, 0.2) is 0 Å². The molecule has 3 aromatic rings. The first kappa shape index (κ1) is 20.5. The molecule has 3 aromatic heterocycles. The van der Waals surface area contributed by atoms with Crippen LogP contribution in [0.15, 0.2) is 49.1 Å². The molecule has 1 aliphatic carbocycles. The first-order chi connectivity index (χ1) is 14.6. The molecule has 30 heavy (non-hydrogen) atoms. The first-order valence-electron chi connectivity index (χ1n) is 10.0. The van der Waals surface area contributed by atoms with Gasteiger partial charge >= 0.3 is 0 Å². The highest BCUT2D eigenvalue weighted by atomic mass is 35.5. The molecule has 8 heteroatoms. The van der Waals surface area contributed by atoms with E-state index >= 15 is 0 Å². The minimum absolute atomic E-state index is 0.308. The predicted molar refractivity (Wildman–Crippen MR) is 118 cm³/mol. The number of halogens is 2. The lowest BCUT2D eigenvalue weighted by atomic mass is 9.92. The Morgan fingerprint density at radius 1 is 1.03 bits per heavy atom. The molecule has 0 aromatic carbocycles. The van der Waals surface area contributed by atoms with Gasteiger partial charge in [0.1, 0.15) is 17.5 Å². The van der Waals surface area contributed by atoms with E-state index in [1.54, 1.807) is 18.6 Å². The maximum absolute atomic E-state index is 13.3. The van der Waals surface area contributed by atoms with Gasteiger partial charge in [0, 0.05) is 42.8 Å². The molecule has 6 nitrogen and oxygen atoms in total. The fraction of sp³-hybridized carbons (Fsp3) is 0.318. The Kier molecular flexibility index (Phi) is 6.40. The molecule has 0 atom stereocenters. The maximum atomic E-state index is 13.3. The molecule has 0 radical (unpaired) electrons. The Morgan fingerprint density at radius 2 is 1.87 bits per heavy atom. The summed E-state index contributed by atoms with van der Waals surface area (Å²) in [6.07, 6.45) is 10.3. The third kappa shape index (κ3) is 5.23. The van der Waals surface area contributed by atoms with Crippen molar-refractivity contribution in [3.8, 4) is 11.1 Å². The molecule has 0 amide bonds. The summed E-state index contributed by atoms with van der Waals surface area (Å²) in [4.78, 5) is 12.6. The maximum Gasteiger partial charge on any atom is 0.141 e. The first-order valence-corrected chi connectivity index (χ1v) is 10.4. The molecule has 0 spiro atoms. The van der Waals surface area contributed by atoms with Crippen molar-refractivity contribution < 1.29 is 4.39 Å². The number of anilines is 2. The predicted octanol–water partition coefficient (Wildman–Crippen LogP) is 4.63. The van der Waals surface area contributed by atoms with Crippen LogP contribution in [0, 0.1) is 5.82 Å². The van der Waals surface area contributed by atoms with Gasteiger partial charge in [-0.25, -0.2) is 14.4 Å². The average Bonchev–Trinajstić information content (AvgIpc) is 2.75. The molecule has 4 N–H and O–H groups in total. The van der Waals surface area contributed by atoms with Gasteiger partial charge in [-0.3, -0.25) is 4.98 Å². The Labute approximate surface area is 180 Å². The second-order valence-electron chi connectivity index (χ2n) is 7.60. The lowest BCUT2D eigenvalue weighted by molar-refractivity contribution is 0.410. The summed E-state index contributed by atoms with van der Waals surface area (Å²) >= 11 is 6.44. The lowest BCUT2D eigenvalue weighted by Crippen LogP contribution is -2.33. The Morgan fingerprint density at radius 3 is 2.67 bits per heavy atom. The fourth-order valence-electron chi connectivity index (χ4n) is 3.65. The molecule has 0 saturated heterocycles. The van der Waals surface area contributed by atoms with Crippen molar-refractivity contribution in [2.75, 3.05) is 10.6 Å². The standard InChI is InChI=1S/C22H24ClFN6/c23-20-13-29-22(30-18-3-1-17(25)2-4-18)9-19(20)15-5-6-27-21(8-15)28-11-14-7-16(24)12-26-10-14/h5-10,12-13,17-18H,1-4,11,25H2,(H,27,28)(H,29,30). The van der Waals surface area contributed by atoms with Crippen molar-refractivity contribution >= 4 is 23.2 Å². The molecule has 156 valence electrons. The zero-order valence-electron chi connectivity index (χ0n) is 16.5. The smallest absolute Gasteiger partial charge is 0.141 e. The van der Waals surface area contributed by atoms with Crippen LogP contribution in [-0.4, -0.2) is 27.0 Å². The van der Waals surface area contributed by atoms with Crippen LogP contribution in [-0.2, 0) is 6.54 Å². The van der Waals surface area contributed by atoms with Gasteiger partial charge in [-0.2, -0.15) is 0 Å². The number of hydrogen-bond donors (Lipinski definition) is 3. The molecule has 0 unspecified atom stereocenters. The van der Waals surface area contributed by atoms with Gasteiger partial charge in [0.05, 0.1) is 11.2 Å². The van der Waals surface area contributed by atoms with Crippen LogP contribution in [0.1, 0.15) is 31.2 Å². The van der Waals surface area contributed by atoms with Crippen LogP contribution in [0.4, 0.5) is 16.0 Å². The van der Waals surface area contributed by atoms with Crippen molar-refractivity contribution in [1.82, 2.24) is 15.0 Å². The third-order valence-corrected chi connectivity index (χ3v) is 5.59. The third-order valence-electron chi connectivity index (χ3n) is 5.29. The molecule has 0 bridgehead atoms. The summed E-state index contributed by atoms with van der Waals surface area (Å²) < 4.78 is 13.3. The fourth-order valence-corrected chi connectivity index (χ4v) is 3.86. The molecule has 1 fully saturated rings. The SMILES string of the molecule is NC1CCC(Nc2cc(-c3ccnc(NCc4cncc(F)c4)c3)c(Cl)cn2)CC1. The quantitative estimate of drug-likeness (QED) is 0.532. The monoisotopic (exact) mass is 426 g/mol. The van der Waals surface area contributed by atoms with E-state index in [2.05, 4.69) is 25.6 Å². The second kappa shape index (κ2) is 9.36. The van der Waals surface area contributed by atoms with Crippen LogP contribution < -0.4 is 16.4 Å². The number of nitrogens with one attached hydrogen (secondary N) is 2. The van der Waals surface area contributed by atoms with Gasteiger partial charge in [-0.05, 0) is 61.1 Å². The molecule has 0 aliphatic heterocycles. The van der Waals surface area contributed by atoms with Crippen molar-refractivity contribution in [3.63, 3.8) is 0 Å². The summed E-state index contributed by atoms with van der Waals surface area (Å²) in [7, 11) is 0. The van der Waals surface area contributed by atoms with E-state index in [0.29, 0.717) is 29.5 Å². The number of rotatable bonds is 6. The normalized spacial score (nSPS) is 18.8. The van der Waals surface area contributed by atoms with Crippen molar-refractivity contribution in [1.29, 1.82) is 0 Å². The van der Waals surface area contributed by atoms with Crippen LogP contribution in [0.3, 0.4) is 0 Å². The largest absolute Gasteiger partial charge is 0.367 e. The van der Waals surface area contributed by atoms with Crippen LogP contribution in [0.2, 0.25) is 5.02 Å². The second-order valence-corrected chi connectivity index (χ2v) is 8.01. The summed E-state index contributed by atoms with van der Waals surface area (Å²) in [5.41, 5.74) is 8.53. The van der Waals surface area contributed by atoms with Crippen LogP contribution >= 0.6 is 11.6 Å². The van der Waals surface area contributed by atoms with E-state index in [-0.39, 0.29) is 5.82 Å². The highest BCUT2D eigenvalue weighted by Crippen LogP contribution is 2.31. The zero-order valence-corrected chi connectivity index (χ0v) is 17.2. The van der Waals surface area contributed by atoms with E-state index in [1.165, 1.54) is 12.3 Å². The van der Waals surface area contributed by atoms with Gasteiger partial charge in [-0.15, -0.1) is 0 Å². The molecule has 4 rings (SSSR count). The summed E-state index contributed by atoms with van der Waals surface area (Å²) in [5.74, 6) is 1.10. The Hall–Kier alpha value is -2.77. The van der Waals surface area contributed by atoms with E-state index in [4.69, 9.17) is 17.3 Å². The van der Waals surface area contributed by atoms with E-state index < -0.39 is 0 Å². The van der Waals surface area contributed by atoms with Crippen molar-refractivity contribution in [3.05, 3.63) is 65.5 Å². The van der Waals surface area contributed by atoms with Crippen molar-refractivity contribution in [2.45, 2.75) is 44.3 Å². The molecule has 3 heterocycles. The highest BCUT2D eigenvalue weighted by Gasteiger charge is 2.19. The number of aromatic nitrogens is 3. The summed E-state index contributed by atoms with van der Waals surface area (Å²) in [6, 6.07) is 7.91. The van der Waals surface area contributed by atoms with Crippen molar-refractivity contribution in [2.24, 2.45) is 5.73 Å². The molecular weight excluding hydrogens is 403 g/mol. The summed E-state index contributed by atoms with van der Waals surface area (Å²) in [5, 5.41) is 7.27. The van der Waals surface area contributed by atoms with E-state index in [9.17, 15) is 4.39 Å². The number of hydrogen-bond acceptors (Lipinski definition) is 6. The Balaban J connectivity index is 1.48. The van der Waals surface area contributed by atoms with Gasteiger partial charge in [-0.1, -0.05) is 11.6 Å². The topological polar surface area (TPSA) is 88.8 Å². The molecule has 1 saturated carbocycles. The van der Waals surface area contributed by atoms with Crippen LogP contribution in [0.5, 0.6) is 0 Å². The van der Waals surface area contributed by atoms with Gasteiger partial charge in [0.2, 0.25) is 0 Å². The van der Waals surface area contributed by atoms with E-state index in [0.717, 1.165) is 48.2 Å². The minimum atomic E-state index is -0.362. The van der Waals surface area contributed by atoms with Gasteiger partial charge in [0.25, 0.3) is 0 Å². The highest BCUT2D eigenvalue weighted by molar-refractivity contribution is 6.33. The minimum Gasteiger partial charge on any atom is -0.367 e. The zero-order chi connectivity index (χ0) is 20.9. The molecule has 1 aliphatic rings. The number of nitrogens with two attached hydrogens (primary N) is 1. The summed E-state index contributed by atoms with van der Waals surface area (Å²) in [6.45, 7) is 0.419. The van der Waals surface area contributed by atoms with Crippen LogP contribution in [0.25, 0.3) is 11.1 Å². The number of pyridine rings is 3. The Bertz CT molecular complexity index is 1010. The average molecular weight is 427 g/mol. The lowest BCUT2D eigenvalue weighted by Gasteiger charge is -2.27.